The van der Waals surface area contributed by atoms with Gasteiger partial charge < -0.3 is 25.1 Å². The molecule has 4 heterocycles. The molecule has 0 unspecified atom stereocenters. The van der Waals surface area contributed by atoms with E-state index in [1.165, 1.54) is 0 Å². The number of rotatable bonds is 4. The number of imidazole rings is 1. The lowest BCUT2D eigenvalue weighted by molar-refractivity contribution is 0.297. The van der Waals surface area contributed by atoms with Crippen LogP contribution in [0.15, 0.2) is 41.4 Å². The summed E-state index contributed by atoms with van der Waals surface area (Å²) >= 11 is 0. The fourth-order valence-corrected chi connectivity index (χ4v) is 4.83. The van der Waals surface area contributed by atoms with Gasteiger partial charge in [-0.15, -0.1) is 4.40 Å². The summed E-state index contributed by atoms with van der Waals surface area (Å²) in [5, 5.41) is 4.25. The molecule has 0 saturated carbocycles. The molecule has 12 heteroatoms. The van der Waals surface area contributed by atoms with E-state index in [2.05, 4.69) is 46.5 Å². The van der Waals surface area contributed by atoms with Gasteiger partial charge in [0.2, 0.25) is 5.96 Å². The van der Waals surface area contributed by atoms with Crippen molar-refractivity contribution in [1.82, 2.24) is 29.8 Å². The summed E-state index contributed by atoms with van der Waals surface area (Å²) in [6, 6.07) is 5.61. The van der Waals surface area contributed by atoms with E-state index in [1.807, 2.05) is 36.2 Å². The molecule has 3 N–H and O–H groups in total. The molecule has 0 amide bonds. The summed E-state index contributed by atoms with van der Waals surface area (Å²) in [6.07, 6.45) is 5.13. The lowest BCUT2D eigenvalue weighted by Gasteiger charge is -2.42. The smallest absolute Gasteiger partial charge is 0.256 e. The van der Waals surface area contributed by atoms with E-state index >= 15 is 0 Å². The molecule has 5 rings (SSSR count). The first-order valence-electron chi connectivity index (χ1n) is 11.2. The van der Waals surface area contributed by atoms with Gasteiger partial charge >= 0.3 is 0 Å². The summed E-state index contributed by atoms with van der Waals surface area (Å²) in [5.74, 6) is 1.13. The maximum absolute atomic E-state index is 12.5. The highest BCUT2D eigenvalue weighted by Gasteiger charge is 2.29. The zero-order valence-electron chi connectivity index (χ0n) is 19.3. The first-order valence-corrected chi connectivity index (χ1v) is 12.8. The van der Waals surface area contributed by atoms with E-state index in [9.17, 15) is 8.42 Å². The van der Waals surface area contributed by atoms with Gasteiger partial charge in [-0.2, -0.15) is 0 Å². The highest BCUT2D eigenvalue weighted by atomic mass is 32.2. The lowest BCUT2D eigenvalue weighted by Crippen LogP contribution is -2.56. The Balaban J connectivity index is 1.43. The van der Waals surface area contributed by atoms with Gasteiger partial charge in [-0.05, 0) is 44.5 Å². The van der Waals surface area contributed by atoms with Crippen LogP contribution in [-0.2, 0) is 10.0 Å². The Bertz CT molecular complexity index is 1470. The largest absolute Gasteiger partial charge is 0.352 e. The Kier molecular flexibility index (Phi) is 5.60. The zero-order chi connectivity index (χ0) is 23.9. The molecule has 0 spiro atoms. The van der Waals surface area contributed by atoms with Crippen molar-refractivity contribution < 1.29 is 8.42 Å². The van der Waals surface area contributed by atoms with Gasteiger partial charge in [0, 0.05) is 37.6 Å². The Morgan fingerprint density at radius 3 is 2.88 bits per heavy atom. The van der Waals surface area contributed by atoms with Crippen LogP contribution in [0.25, 0.3) is 22.1 Å². The van der Waals surface area contributed by atoms with Crippen LogP contribution in [0, 0.1) is 6.92 Å². The van der Waals surface area contributed by atoms with Gasteiger partial charge in [0.1, 0.15) is 17.8 Å². The zero-order valence-corrected chi connectivity index (χ0v) is 20.1. The number of H-pyrrole nitrogens is 2. The van der Waals surface area contributed by atoms with Gasteiger partial charge in [0.05, 0.1) is 28.5 Å². The summed E-state index contributed by atoms with van der Waals surface area (Å²) < 4.78 is 29.1. The van der Waals surface area contributed by atoms with Gasteiger partial charge in [0.15, 0.2) is 0 Å². The van der Waals surface area contributed by atoms with Crippen LogP contribution in [0.1, 0.15) is 19.4 Å². The van der Waals surface area contributed by atoms with E-state index in [-0.39, 0.29) is 11.8 Å². The van der Waals surface area contributed by atoms with Crippen molar-refractivity contribution in [1.29, 1.82) is 0 Å². The second-order valence-corrected chi connectivity index (χ2v) is 10.3. The third-order valence-electron chi connectivity index (χ3n) is 6.11. The summed E-state index contributed by atoms with van der Waals surface area (Å²) in [4.78, 5) is 23.6. The minimum atomic E-state index is -3.61. The fraction of sp³-hybridized carbons (Fsp3) is 0.364. The van der Waals surface area contributed by atoms with E-state index in [0.717, 1.165) is 39.1 Å². The Hall–Kier alpha value is -3.67. The van der Waals surface area contributed by atoms with Crippen LogP contribution in [0.2, 0.25) is 0 Å². The van der Waals surface area contributed by atoms with Crippen LogP contribution < -0.4 is 10.2 Å². The molecule has 0 bridgehead atoms. The lowest BCUT2D eigenvalue weighted by atomic mass is 10.1. The number of hydrogen-bond acceptors (Lipinski definition) is 6. The van der Waals surface area contributed by atoms with Crippen molar-refractivity contribution >= 4 is 49.6 Å². The third-order valence-corrected chi connectivity index (χ3v) is 7.29. The number of guanidine groups is 1. The number of anilines is 2. The van der Waals surface area contributed by atoms with Crippen LogP contribution >= 0.6 is 0 Å². The maximum atomic E-state index is 12.5. The molecule has 34 heavy (non-hydrogen) atoms. The normalized spacial score (nSPS) is 17.6. The van der Waals surface area contributed by atoms with Crippen molar-refractivity contribution in [2.45, 2.75) is 26.8 Å². The molecule has 1 saturated heterocycles. The van der Waals surface area contributed by atoms with Gasteiger partial charge in [0.25, 0.3) is 10.0 Å². The first kappa shape index (κ1) is 22.1. The van der Waals surface area contributed by atoms with Crippen LogP contribution in [0.3, 0.4) is 0 Å². The number of nitrogens with zero attached hydrogens (tertiary/aromatic N) is 6. The van der Waals surface area contributed by atoms with E-state index in [4.69, 9.17) is 0 Å². The van der Waals surface area contributed by atoms with E-state index in [0.29, 0.717) is 25.6 Å². The number of benzene rings is 1. The molecule has 1 atom stereocenters. The molecule has 4 aromatic rings. The Morgan fingerprint density at radius 2 is 2.09 bits per heavy atom. The predicted octanol–water partition coefficient (Wildman–Crippen LogP) is 2.47. The quantitative estimate of drug-likeness (QED) is 0.299. The molecule has 1 aliphatic heterocycles. The van der Waals surface area contributed by atoms with Crippen molar-refractivity contribution in [2.24, 2.45) is 4.40 Å². The van der Waals surface area contributed by atoms with Crippen molar-refractivity contribution in [3.8, 4) is 0 Å². The molecule has 1 aromatic carbocycles. The monoisotopic (exact) mass is 481 g/mol. The summed E-state index contributed by atoms with van der Waals surface area (Å²) in [7, 11) is -3.61. The van der Waals surface area contributed by atoms with Gasteiger partial charge in [-0.25, -0.2) is 23.4 Å². The molecule has 1 fully saturated rings. The second-order valence-electron chi connectivity index (χ2n) is 8.43. The summed E-state index contributed by atoms with van der Waals surface area (Å²) in [6.45, 7) is 7.58. The Morgan fingerprint density at radius 1 is 1.24 bits per heavy atom. The van der Waals surface area contributed by atoms with Gasteiger partial charge in [-0.3, -0.25) is 0 Å². The Labute approximate surface area is 197 Å². The number of aromatic amines is 2. The van der Waals surface area contributed by atoms with Crippen molar-refractivity contribution in [2.75, 3.05) is 35.6 Å². The van der Waals surface area contributed by atoms with E-state index < -0.39 is 10.0 Å². The molecule has 0 radical (unpaired) electrons. The predicted molar refractivity (Wildman–Crippen MR) is 134 cm³/mol. The molecule has 11 nitrogen and oxygen atoms in total. The second kappa shape index (κ2) is 8.60. The van der Waals surface area contributed by atoms with E-state index in [1.54, 1.807) is 19.6 Å². The molecule has 0 aliphatic carbocycles. The molecule has 178 valence electrons. The average Bonchev–Trinajstić information content (AvgIpc) is 3.45. The topological polar surface area (TPSA) is 135 Å². The van der Waals surface area contributed by atoms with Crippen LogP contribution in [0.4, 0.5) is 11.5 Å². The summed E-state index contributed by atoms with van der Waals surface area (Å²) in [5.41, 5.74) is 4.33. The fourth-order valence-electron chi connectivity index (χ4n) is 4.29. The standard InChI is InChI=1S/C22H27N9O2S/c1-4-34(32,33)29-22(28-16-5-6-17-18(9-16)25-12-24-17)31-8-7-30(11-15(31)3)21-19-14(2)10-23-20(19)26-13-27-21/h5-6,9-10,12-13,15H,4,7-8,11H2,1-3H3,(H,24,25)(H,28,29)(H,23,26,27)/t15-/m0/s1. The number of piperazine rings is 1. The highest BCUT2D eigenvalue weighted by molar-refractivity contribution is 7.90. The number of hydrogen-bond donors (Lipinski definition) is 3. The van der Waals surface area contributed by atoms with Crippen molar-refractivity contribution in [3.05, 3.63) is 42.6 Å². The molecule has 1 aliphatic rings. The van der Waals surface area contributed by atoms with Crippen LogP contribution in [0.5, 0.6) is 0 Å². The SMILES string of the molecule is CCS(=O)(=O)N=C(Nc1ccc2nc[nH]c2c1)N1CCN(c2ncnc3[nH]cc(C)c23)C[C@@H]1C. The first-order chi connectivity index (χ1) is 16.3. The molecular formula is C22H27N9O2S. The number of fused-ring (bicyclic) bond motifs is 2. The molecule has 3 aromatic heterocycles. The minimum absolute atomic E-state index is 0.0211. The molecular weight excluding hydrogens is 454 g/mol. The van der Waals surface area contributed by atoms with Gasteiger partial charge in [-0.1, -0.05) is 0 Å². The number of nitrogens with one attached hydrogen (secondary N) is 3. The van der Waals surface area contributed by atoms with Crippen LogP contribution in [-0.4, -0.2) is 75.6 Å². The number of aryl methyl sites for hydroxylation is 1. The minimum Gasteiger partial charge on any atom is -0.352 e. The maximum Gasteiger partial charge on any atom is 0.256 e. The van der Waals surface area contributed by atoms with Crippen molar-refractivity contribution in [3.63, 3.8) is 0 Å². The third kappa shape index (κ3) is 4.16. The number of aromatic nitrogens is 5. The number of sulfonamides is 1. The average molecular weight is 482 g/mol. The highest BCUT2D eigenvalue weighted by Crippen LogP contribution is 2.28.